The molecule has 9 heteroatoms. The summed E-state index contributed by atoms with van der Waals surface area (Å²) in [7, 11) is 1.64. The standard InChI is InChI=1S/C24H25N5O4/c1-31-19-5-2-17(3-6-19)14-22-26-24(27-33-22)18-4-7-21-20(15-18)25-16-29(21)9-8-23(30)28-10-12-32-13-11-28/h2-7,15-16H,8-14H2,1H3. The second kappa shape index (κ2) is 9.41. The Morgan fingerprint density at radius 1 is 1.12 bits per heavy atom. The average molecular weight is 447 g/mol. The lowest BCUT2D eigenvalue weighted by atomic mass is 10.1. The van der Waals surface area contributed by atoms with E-state index in [4.69, 9.17) is 14.0 Å². The number of aromatic nitrogens is 4. The van der Waals surface area contributed by atoms with Crippen LogP contribution in [0, 0.1) is 0 Å². The van der Waals surface area contributed by atoms with Gasteiger partial charge in [0.25, 0.3) is 0 Å². The number of nitrogens with zero attached hydrogens (tertiary/aromatic N) is 5. The highest BCUT2D eigenvalue weighted by atomic mass is 16.5. The Hall–Kier alpha value is -3.72. The van der Waals surface area contributed by atoms with Crippen LogP contribution < -0.4 is 4.74 Å². The van der Waals surface area contributed by atoms with Crippen molar-refractivity contribution in [3.63, 3.8) is 0 Å². The van der Waals surface area contributed by atoms with E-state index in [1.807, 2.05) is 51.9 Å². The topological polar surface area (TPSA) is 95.5 Å². The van der Waals surface area contributed by atoms with E-state index in [-0.39, 0.29) is 5.91 Å². The number of amides is 1. The zero-order valence-corrected chi connectivity index (χ0v) is 18.4. The van der Waals surface area contributed by atoms with Gasteiger partial charge in [-0.05, 0) is 35.9 Å². The number of benzene rings is 2. The fourth-order valence-electron chi connectivity index (χ4n) is 3.93. The van der Waals surface area contributed by atoms with Gasteiger partial charge >= 0.3 is 0 Å². The van der Waals surface area contributed by atoms with Gasteiger partial charge in [-0.25, -0.2) is 4.98 Å². The fourth-order valence-corrected chi connectivity index (χ4v) is 3.93. The van der Waals surface area contributed by atoms with Crippen LogP contribution in [0.2, 0.25) is 0 Å². The predicted molar refractivity (Wildman–Crippen MR) is 121 cm³/mol. The van der Waals surface area contributed by atoms with Gasteiger partial charge < -0.3 is 23.5 Å². The number of imidazole rings is 1. The Labute approximate surface area is 190 Å². The summed E-state index contributed by atoms with van der Waals surface area (Å²) in [6.07, 6.45) is 2.75. The van der Waals surface area contributed by atoms with Crippen molar-refractivity contribution in [2.75, 3.05) is 33.4 Å². The van der Waals surface area contributed by atoms with Gasteiger partial charge in [-0.15, -0.1) is 0 Å². The van der Waals surface area contributed by atoms with Crippen molar-refractivity contribution in [2.45, 2.75) is 19.4 Å². The zero-order chi connectivity index (χ0) is 22.6. The number of rotatable bonds is 7. The minimum Gasteiger partial charge on any atom is -0.497 e. The molecule has 0 atom stereocenters. The molecule has 1 fully saturated rings. The third-order valence-corrected chi connectivity index (χ3v) is 5.79. The monoisotopic (exact) mass is 447 g/mol. The molecule has 170 valence electrons. The van der Waals surface area contributed by atoms with E-state index in [9.17, 15) is 4.79 Å². The molecule has 2 aromatic carbocycles. The molecule has 4 aromatic rings. The minimum absolute atomic E-state index is 0.146. The Morgan fingerprint density at radius 2 is 1.94 bits per heavy atom. The van der Waals surface area contributed by atoms with E-state index < -0.39 is 0 Å². The first-order valence-electron chi connectivity index (χ1n) is 11.0. The molecule has 3 heterocycles. The molecule has 0 saturated carbocycles. The molecule has 2 aromatic heterocycles. The number of fused-ring (bicyclic) bond motifs is 1. The van der Waals surface area contributed by atoms with Crippen LogP contribution in [0.3, 0.4) is 0 Å². The maximum atomic E-state index is 12.4. The first-order valence-corrected chi connectivity index (χ1v) is 11.0. The predicted octanol–water partition coefficient (Wildman–Crippen LogP) is 2.93. The lowest BCUT2D eigenvalue weighted by molar-refractivity contribution is -0.135. The number of ether oxygens (including phenoxy) is 2. The molecular formula is C24H25N5O4. The molecule has 0 bridgehead atoms. The van der Waals surface area contributed by atoms with Gasteiger partial charge in [0.2, 0.25) is 17.6 Å². The van der Waals surface area contributed by atoms with E-state index in [1.54, 1.807) is 13.4 Å². The maximum absolute atomic E-state index is 12.4. The zero-order valence-electron chi connectivity index (χ0n) is 18.4. The molecule has 5 rings (SSSR count). The van der Waals surface area contributed by atoms with Crippen LogP contribution in [0.1, 0.15) is 17.9 Å². The molecule has 1 aliphatic heterocycles. The first kappa shape index (κ1) is 21.1. The molecule has 9 nitrogen and oxygen atoms in total. The lowest BCUT2D eigenvalue weighted by Gasteiger charge is -2.26. The third kappa shape index (κ3) is 4.73. The second-order valence-electron chi connectivity index (χ2n) is 7.92. The Balaban J connectivity index is 1.26. The molecule has 1 aliphatic rings. The van der Waals surface area contributed by atoms with Crippen LogP contribution in [0.25, 0.3) is 22.4 Å². The van der Waals surface area contributed by atoms with Crippen molar-refractivity contribution >= 4 is 16.9 Å². The summed E-state index contributed by atoms with van der Waals surface area (Å²) >= 11 is 0. The van der Waals surface area contributed by atoms with Gasteiger partial charge in [-0.3, -0.25) is 4.79 Å². The summed E-state index contributed by atoms with van der Waals surface area (Å²) in [6.45, 7) is 3.14. The van der Waals surface area contributed by atoms with E-state index in [1.165, 1.54) is 0 Å². The van der Waals surface area contributed by atoms with Gasteiger partial charge in [-0.1, -0.05) is 17.3 Å². The van der Waals surface area contributed by atoms with Crippen LogP contribution in [-0.4, -0.2) is 63.9 Å². The Kier molecular flexibility index (Phi) is 6.03. The smallest absolute Gasteiger partial charge is 0.231 e. The van der Waals surface area contributed by atoms with E-state index >= 15 is 0 Å². The molecule has 0 spiro atoms. The quantitative estimate of drug-likeness (QED) is 0.430. The van der Waals surface area contributed by atoms with Gasteiger partial charge in [0.15, 0.2) is 0 Å². The first-order chi connectivity index (χ1) is 16.2. The van der Waals surface area contributed by atoms with Crippen LogP contribution in [-0.2, 0) is 22.5 Å². The van der Waals surface area contributed by atoms with Crippen molar-refractivity contribution < 1.29 is 18.8 Å². The number of carbonyl (C=O) groups is 1. The van der Waals surface area contributed by atoms with Crippen molar-refractivity contribution in [2.24, 2.45) is 0 Å². The Morgan fingerprint density at radius 3 is 2.73 bits per heavy atom. The van der Waals surface area contributed by atoms with Gasteiger partial charge in [-0.2, -0.15) is 4.98 Å². The SMILES string of the molecule is COc1ccc(Cc2nc(-c3ccc4c(c3)ncn4CCC(=O)N3CCOCC3)no2)cc1. The van der Waals surface area contributed by atoms with Gasteiger partial charge in [0.05, 0.1) is 44.1 Å². The van der Waals surface area contributed by atoms with Crippen molar-refractivity contribution in [1.82, 2.24) is 24.6 Å². The minimum atomic E-state index is 0.146. The highest BCUT2D eigenvalue weighted by molar-refractivity contribution is 5.81. The van der Waals surface area contributed by atoms with E-state index in [2.05, 4.69) is 15.1 Å². The lowest BCUT2D eigenvalue weighted by Crippen LogP contribution is -2.40. The Bertz CT molecular complexity index is 1240. The number of hydrogen-bond donors (Lipinski definition) is 0. The van der Waals surface area contributed by atoms with Gasteiger partial charge in [0.1, 0.15) is 5.75 Å². The van der Waals surface area contributed by atoms with Crippen LogP contribution in [0.15, 0.2) is 53.3 Å². The maximum Gasteiger partial charge on any atom is 0.231 e. The highest BCUT2D eigenvalue weighted by Crippen LogP contribution is 2.23. The normalized spacial score (nSPS) is 14.0. The molecular weight excluding hydrogens is 422 g/mol. The van der Waals surface area contributed by atoms with Gasteiger partial charge in [0, 0.05) is 31.6 Å². The van der Waals surface area contributed by atoms with Crippen LogP contribution >= 0.6 is 0 Å². The largest absolute Gasteiger partial charge is 0.497 e. The van der Waals surface area contributed by atoms with E-state index in [0.717, 1.165) is 27.9 Å². The summed E-state index contributed by atoms with van der Waals surface area (Å²) in [5.74, 6) is 2.02. The summed E-state index contributed by atoms with van der Waals surface area (Å²) in [5.41, 5.74) is 3.69. The van der Waals surface area contributed by atoms with Crippen LogP contribution in [0.4, 0.5) is 0 Å². The van der Waals surface area contributed by atoms with Crippen LogP contribution in [0.5, 0.6) is 5.75 Å². The summed E-state index contributed by atoms with van der Waals surface area (Å²) < 4.78 is 18.0. The number of carbonyl (C=O) groups excluding carboxylic acids is 1. The average Bonchev–Trinajstić information content (AvgIpc) is 3.50. The number of hydrogen-bond acceptors (Lipinski definition) is 7. The molecule has 33 heavy (non-hydrogen) atoms. The summed E-state index contributed by atoms with van der Waals surface area (Å²) in [5, 5.41) is 4.14. The molecule has 0 unspecified atom stereocenters. The summed E-state index contributed by atoms with van der Waals surface area (Å²) in [6, 6.07) is 13.6. The highest BCUT2D eigenvalue weighted by Gasteiger charge is 2.17. The second-order valence-corrected chi connectivity index (χ2v) is 7.92. The molecule has 0 aliphatic carbocycles. The molecule has 0 radical (unpaired) electrons. The number of morpholine rings is 1. The fraction of sp³-hybridized carbons (Fsp3) is 0.333. The third-order valence-electron chi connectivity index (χ3n) is 5.79. The number of methoxy groups -OCH3 is 1. The molecule has 1 amide bonds. The molecule has 1 saturated heterocycles. The van der Waals surface area contributed by atoms with Crippen molar-refractivity contribution in [3.05, 3.63) is 60.2 Å². The number of aryl methyl sites for hydroxylation is 1. The van der Waals surface area contributed by atoms with Crippen molar-refractivity contribution in [3.8, 4) is 17.1 Å². The van der Waals surface area contributed by atoms with Crippen molar-refractivity contribution in [1.29, 1.82) is 0 Å². The summed E-state index contributed by atoms with van der Waals surface area (Å²) in [4.78, 5) is 23.3. The van der Waals surface area contributed by atoms with E-state index in [0.29, 0.717) is 57.4 Å². The molecule has 0 N–H and O–H groups in total.